The van der Waals surface area contributed by atoms with Crippen LogP contribution < -0.4 is 0 Å². The van der Waals surface area contributed by atoms with Gasteiger partial charge in [-0.05, 0) is 20.8 Å². The fourth-order valence-corrected chi connectivity index (χ4v) is 2.24. The van der Waals surface area contributed by atoms with Crippen molar-refractivity contribution in [2.75, 3.05) is 19.8 Å². The Kier molecular flexibility index (Phi) is 4.40. The van der Waals surface area contributed by atoms with E-state index in [4.69, 9.17) is 9.47 Å². The molecule has 2 rings (SSSR count). The monoisotopic (exact) mass is 306 g/mol. The first-order valence-electron chi connectivity index (χ1n) is 6.89. The summed E-state index contributed by atoms with van der Waals surface area (Å²) < 4.78 is 9.84. The van der Waals surface area contributed by atoms with Crippen molar-refractivity contribution in [2.24, 2.45) is 0 Å². The summed E-state index contributed by atoms with van der Waals surface area (Å²) in [7, 11) is 0. The van der Waals surface area contributed by atoms with Crippen molar-refractivity contribution in [1.29, 1.82) is 0 Å². The molecule has 0 spiro atoms. The summed E-state index contributed by atoms with van der Waals surface area (Å²) in [5, 5.41) is 0. The van der Waals surface area contributed by atoms with E-state index in [9.17, 15) is 14.4 Å². The summed E-state index contributed by atoms with van der Waals surface area (Å²) in [5.41, 5.74) is -0.687. The highest BCUT2D eigenvalue weighted by atomic mass is 16.6. The molecule has 2 aliphatic heterocycles. The molecule has 0 aromatic heterocycles. The summed E-state index contributed by atoms with van der Waals surface area (Å²) in [6.07, 6.45) is 1.69. The van der Waals surface area contributed by atoms with Crippen LogP contribution in [0.15, 0.2) is 12.2 Å². The van der Waals surface area contributed by atoms with E-state index in [1.54, 1.807) is 26.8 Å². The highest BCUT2D eigenvalue weighted by Crippen LogP contribution is 2.24. The van der Waals surface area contributed by atoms with E-state index in [1.165, 1.54) is 11.0 Å². The lowest BCUT2D eigenvalue weighted by molar-refractivity contribution is -0.125. The van der Waals surface area contributed by atoms with Crippen molar-refractivity contribution in [3.05, 3.63) is 12.2 Å². The van der Waals surface area contributed by atoms with E-state index in [0.29, 0.717) is 0 Å². The van der Waals surface area contributed by atoms with Crippen LogP contribution in [0.1, 0.15) is 20.8 Å². The second-order valence-corrected chi connectivity index (χ2v) is 5.60. The van der Waals surface area contributed by atoms with Crippen LogP contribution in [-0.2, 0) is 14.3 Å². The Bertz CT molecular complexity index is 584. The molecule has 0 aromatic rings. The van der Waals surface area contributed by atoms with Gasteiger partial charge in [-0.3, -0.25) is 9.69 Å². The Morgan fingerprint density at radius 3 is 2.68 bits per heavy atom. The van der Waals surface area contributed by atoms with E-state index in [2.05, 4.69) is 11.8 Å². The van der Waals surface area contributed by atoms with E-state index < -0.39 is 23.6 Å². The minimum Gasteiger partial charge on any atom is -0.447 e. The van der Waals surface area contributed by atoms with Gasteiger partial charge in [-0.15, -0.1) is 5.92 Å². The first-order chi connectivity index (χ1) is 10.4. The third kappa shape index (κ3) is 3.06. The number of rotatable bonds is 3. The lowest BCUT2D eigenvalue weighted by Gasteiger charge is -2.24. The third-order valence-electron chi connectivity index (χ3n) is 3.46. The molecule has 0 radical (unpaired) electrons. The number of amides is 3. The van der Waals surface area contributed by atoms with Gasteiger partial charge in [-0.2, -0.15) is 0 Å². The summed E-state index contributed by atoms with van der Waals surface area (Å²) in [5.74, 6) is 5.01. The first-order valence-corrected chi connectivity index (χ1v) is 6.89. The molecular formula is C15H18N2O5. The second kappa shape index (κ2) is 6.10. The summed E-state index contributed by atoms with van der Waals surface area (Å²) in [4.78, 5) is 37.9. The SMILES string of the molecule is CC#CCN1C(=O)OC[C@@H]1/C=C/C(=O)N1C(=O)OCC1(C)C. The predicted octanol–water partition coefficient (Wildman–Crippen LogP) is 1.14. The summed E-state index contributed by atoms with van der Waals surface area (Å²) in [6.45, 7) is 5.72. The van der Waals surface area contributed by atoms with E-state index in [-0.39, 0.29) is 25.8 Å². The minimum atomic E-state index is -0.687. The van der Waals surface area contributed by atoms with E-state index in [0.717, 1.165) is 4.90 Å². The van der Waals surface area contributed by atoms with E-state index in [1.807, 2.05) is 0 Å². The van der Waals surface area contributed by atoms with Gasteiger partial charge in [0.25, 0.3) is 5.91 Å². The van der Waals surface area contributed by atoms with Crippen LogP contribution in [0, 0.1) is 11.8 Å². The molecule has 7 nitrogen and oxygen atoms in total. The Labute approximate surface area is 128 Å². The average Bonchev–Trinajstić information content (AvgIpc) is 2.94. The molecule has 2 aliphatic rings. The highest BCUT2D eigenvalue weighted by Gasteiger charge is 2.43. The van der Waals surface area contributed by atoms with Crippen LogP contribution in [-0.4, -0.2) is 59.2 Å². The predicted molar refractivity (Wildman–Crippen MR) is 76.7 cm³/mol. The number of imide groups is 1. The quantitative estimate of drug-likeness (QED) is 0.577. The topological polar surface area (TPSA) is 76.2 Å². The summed E-state index contributed by atoms with van der Waals surface area (Å²) >= 11 is 0. The molecular weight excluding hydrogens is 288 g/mol. The number of cyclic esters (lactones) is 2. The van der Waals surface area contributed by atoms with Gasteiger partial charge in [0.15, 0.2) is 0 Å². The van der Waals surface area contributed by atoms with Crippen molar-refractivity contribution >= 4 is 18.1 Å². The van der Waals surface area contributed by atoms with Crippen molar-refractivity contribution in [3.8, 4) is 11.8 Å². The zero-order valence-electron chi connectivity index (χ0n) is 12.8. The van der Waals surface area contributed by atoms with Gasteiger partial charge in [-0.1, -0.05) is 12.0 Å². The van der Waals surface area contributed by atoms with Crippen molar-refractivity contribution < 1.29 is 23.9 Å². The van der Waals surface area contributed by atoms with Gasteiger partial charge in [0.1, 0.15) is 13.2 Å². The molecule has 1 atom stereocenters. The molecule has 2 saturated heterocycles. The number of carbonyl (C=O) groups is 3. The van der Waals surface area contributed by atoms with Gasteiger partial charge in [0, 0.05) is 6.08 Å². The van der Waals surface area contributed by atoms with Crippen LogP contribution in [0.3, 0.4) is 0 Å². The number of hydrogen-bond donors (Lipinski definition) is 0. The zero-order valence-corrected chi connectivity index (χ0v) is 12.8. The van der Waals surface area contributed by atoms with E-state index >= 15 is 0 Å². The van der Waals surface area contributed by atoms with Gasteiger partial charge in [0.05, 0.1) is 18.1 Å². The Hall–Kier alpha value is -2.49. The Balaban J connectivity index is 2.07. The molecule has 0 aromatic carbocycles. The Morgan fingerprint density at radius 2 is 2.09 bits per heavy atom. The van der Waals surface area contributed by atoms with Crippen molar-refractivity contribution in [1.82, 2.24) is 9.80 Å². The average molecular weight is 306 g/mol. The normalized spacial score (nSPS) is 23.3. The molecule has 22 heavy (non-hydrogen) atoms. The summed E-state index contributed by atoms with van der Waals surface area (Å²) in [6, 6.07) is -0.376. The van der Waals surface area contributed by atoms with Crippen molar-refractivity contribution in [2.45, 2.75) is 32.4 Å². The lowest BCUT2D eigenvalue weighted by Crippen LogP contribution is -2.45. The maximum atomic E-state index is 12.2. The molecule has 0 saturated carbocycles. The largest absolute Gasteiger partial charge is 0.447 e. The highest BCUT2D eigenvalue weighted by molar-refractivity contribution is 6.00. The van der Waals surface area contributed by atoms with Gasteiger partial charge in [0.2, 0.25) is 0 Å². The molecule has 0 aliphatic carbocycles. The smallest absolute Gasteiger partial charge is 0.417 e. The molecule has 0 N–H and O–H groups in total. The van der Waals surface area contributed by atoms with Gasteiger partial charge in [-0.25, -0.2) is 14.5 Å². The molecule has 2 heterocycles. The van der Waals surface area contributed by atoms with Crippen LogP contribution in [0.4, 0.5) is 9.59 Å². The standard InChI is InChI=1S/C15H18N2O5/c1-4-5-8-16-11(9-21-13(16)19)6-7-12(18)17-14(20)22-10-15(17,2)3/h6-7,11H,8-10H2,1-3H3/b7-6+/t11-/m0/s1. The Morgan fingerprint density at radius 1 is 1.36 bits per heavy atom. The molecule has 3 amide bonds. The number of carbonyl (C=O) groups excluding carboxylic acids is 3. The maximum Gasteiger partial charge on any atom is 0.417 e. The van der Waals surface area contributed by atoms with Crippen LogP contribution in [0.25, 0.3) is 0 Å². The molecule has 7 heteroatoms. The number of nitrogens with zero attached hydrogens (tertiary/aromatic N) is 2. The zero-order chi connectivity index (χ0) is 16.3. The van der Waals surface area contributed by atoms with Crippen LogP contribution in [0.5, 0.6) is 0 Å². The second-order valence-electron chi connectivity index (χ2n) is 5.60. The lowest BCUT2D eigenvalue weighted by atomic mass is 10.1. The van der Waals surface area contributed by atoms with Gasteiger partial charge >= 0.3 is 12.2 Å². The molecule has 0 bridgehead atoms. The fourth-order valence-electron chi connectivity index (χ4n) is 2.24. The molecule has 2 fully saturated rings. The van der Waals surface area contributed by atoms with Crippen LogP contribution in [0.2, 0.25) is 0 Å². The third-order valence-corrected chi connectivity index (χ3v) is 3.46. The minimum absolute atomic E-state index is 0.155. The van der Waals surface area contributed by atoms with Crippen LogP contribution >= 0.6 is 0 Å². The first kappa shape index (κ1) is 15.9. The van der Waals surface area contributed by atoms with Crippen molar-refractivity contribution in [3.63, 3.8) is 0 Å². The maximum absolute atomic E-state index is 12.2. The molecule has 118 valence electrons. The number of ether oxygens (including phenoxy) is 2. The number of hydrogen-bond acceptors (Lipinski definition) is 5. The molecule has 0 unspecified atom stereocenters. The van der Waals surface area contributed by atoms with Gasteiger partial charge < -0.3 is 9.47 Å². The fraction of sp³-hybridized carbons (Fsp3) is 0.533.